The number of fused-ring (bicyclic) bond motifs is 1. The summed E-state index contributed by atoms with van der Waals surface area (Å²) in [6.07, 6.45) is 3.61. The Morgan fingerprint density at radius 3 is 2.34 bits per heavy atom. The Morgan fingerprint density at radius 2 is 1.71 bits per heavy atom. The van der Waals surface area contributed by atoms with E-state index < -0.39 is 10.0 Å². The van der Waals surface area contributed by atoms with Crippen LogP contribution in [-0.4, -0.2) is 40.8 Å². The lowest BCUT2D eigenvalue weighted by molar-refractivity contribution is 0.313. The molecule has 0 atom stereocenters. The summed E-state index contributed by atoms with van der Waals surface area (Å²) in [5.74, 6) is 1.49. The first kappa shape index (κ1) is 24.2. The molecule has 2 aromatic heterocycles. The second kappa shape index (κ2) is 9.37. The number of ether oxygens (including phenoxy) is 3. The fourth-order valence-corrected chi connectivity index (χ4v) is 4.62. The fourth-order valence-electron chi connectivity index (χ4n) is 3.58. The van der Waals surface area contributed by atoms with E-state index in [1.165, 1.54) is 33.3 Å². The predicted molar refractivity (Wildman–Crippen MR) is 131 cm³/mol. The Labute approximate surface area is 202 Å². The number of nitrogens with zero attached hydrogens (tertiary/aromatic N) is 4. The lowest BCUT2D eigenvalue weighted by Gasteiger charge is -2.16. The van der Waals surface area contributed by atoms with Crippen molar-refractivity contribution in [2.75, 3.05) is 18.4 Å². The van der Waals surface area contributed by atoms with Crippen molar-refractivity contribution in [1.82, 2.24) is 18.7 Å². The maximum atomic E-state index is 13.0. The number of nitrogens with one attached hydrogen (secondary N) is 1. The third-order valence-corrected chi connectivity index (χ3v) is 6.65. The Hall–Kier alpha value is -3.93. The van der Waals surface area contributed by atoms with Crippen molar-refractivity contribution in [3.8, 4) is 23.0 Å². The summed E-state index contributed by atoms with van der Waals surface area (Å²) in [7, 11) is 2.38. The molecule has 4 aromatic rings. The molecule has 0 aliphatic rings. The molecule has 0 fully saturated rings. The molecule has 12 heteroatoms. The zero-order valence-electron chi connectivity index (χ0n) is 20.1. The first-order valence-electron chi connectivity index (χ1n) is 10.8. The molecule has 0 bridgehead atoms. The number of imidazole rings is 2. The standard InChI is InChI=1S/C23H27N5O6S/c1-6-9-33-15-7-8-19(32-5)21(10-15)34-20-12-18-17(27(3)23(29)28(18)4)11-16(20)25-35(30,31)22-13-26(2)14-24-22/h7-8,10-14,25H,6,9H2,1-5H3. The SMILES string of the molecule is CCCOc1ccc(OC)c(Oc2cc3c(cc2NS(=O)(=O)c2cn(C)cn2)n(C)c(=O)n3C)c1. The normalized spacial score (nSPS) is 11.6. The van der Waals surface area contributed by atoms with Gasteiger partial charge in [0, 0.05) is 39.5 Å². The van der Waals surface area contributed by atoms with Gasteiger partial charge in [-0.15, -0.1) is 0 Å². The Kier molecular flexibility index (Phi) is 6.48. The van der Waals surface area contributed by atoms with Gasteiger partial charge in [0.25, 0.3) is 10.0 Å². The largest absolute Gasteiger partial charge is 0.493 e. The molecule has 0 saturated carbocycles. The summed E-state index contributed by atoms with van der Waals surface area (Å²) >= 11 is 0. The first-order valence-corrected chi connectivity index (χ1v) is 12.3. The molecule has 0 aliphatic carbocycles. The average Bonchev–Trinajstić information content (AvgIpc) is 3.36. The van der Waals surface area contributed by atoms with Crippen molar-refractivity contribution in [1.29, 1.82) is 0 Å². The van der Waals surface area contributed by atoms with Crippen molar-refractivity contribution < 1.29 is 22.6 Å². The van der Waals surface area contributed by atoms with Crippen molar-refractivity contribution >= 4 is 26.7 Å². The lowest BCUT2D eigenvalue weighted by Crippen LogP contribution is -2.19. The number of hydrogen-bond donors (Lipinski definition) is 1. The molecule has 11 nitrogen and oxygen atoms in total. The van der Waals surface area contributed by atoms with E-state index in [2.05, 4.69) is 9.71 Å². The maximum Gasteiger partial charge on any atom is 0.328 e. The number of anilines is 1. The highest BCUT2D eigenvalue weighted by Gasteiger charge is 2.22. The van der Waals surface area contributed by atoms with E-state index in [1.54, 1.807) is 51.5 Å². The third-order valence-electron chi connectivity index (χ3n) is 5.40. The molecule has 0 spiro atoms. The van der Waals surface area contributed by atoms with Gasteiger partial charge in [0.1, 0.15) is 5.75 Å². The maximum absolute atomic E-state index is 13.0. The van der Waals surface area contributed by atoms with Gasteiger partial charge in [0.05, 0.1) is 36.8 Å². The van der Waals surface area contributed by atoms with E-state index in [1.807, 2.05) is 6.92 Å². The number of aromatic nitrogens is 4. The van der Waals surface area contributed by atoms with Gasteiger partial charge in [-0.25, -0.2) is 9.78 Å². The Bertz CT molecular complexity index is 1550. The van der Waals surface area contributed by atoms with Crippen LogP contribution >= 0.6 is 0 Å². The van der Waals surface area contributed by atoms with E-state index in [9.17, 15) is 13.2 Å². The summed E-state index contributed by atoms with van der Waals surface area (Å²) in [6.45, 7) is 2.53. The summed E-state index contributed by atoms with van der Waals surface area (Å²) in [5.41, 5.74) is 0.954. The van der Waals surface area contributed by atoms with Gasteiger partial charge in [0.2, 0.25) is 0 Å². The van der Waals surface area contributed by atoms with Gasteiger partial charge in [-0.1, -0.05) is 6.92 Å². The predicted octanol–water partition coefficient (Wildman–Crippen LogP) is 3.00. The molecule has 0 aliphatic heterocycles. The van der Waals surface area contributed by atoms with Crippen molar-refractivity contribution in [3.63, 3.8) is 0 Å². The van der Waals surface area contributed by atoms with Gasteiger partial charge in [-0.2, -0.15) is 8.42 Å². The molecule has 0 unspecified atom stereocenters. The summed E-state index contributed by atoms with van der Waals surface area (Å²) in [6, 6.07) is 8.28. The van der Waals surface area contributed by atoms with Gasteiger partial charge in [-0.05, 0) is 24.6 Å². The van der Waals surface area contributed by atoms with E-state index in [-0.39, 0.29) is 22.2 Å². The summed E-state index contributed by atoms with van der Waals surface area (Å²) < 4.78 is 50.4. The quantitative estimate of drug-likeness (QED) is 0.374. The van der Waals surface area contributed by atoms with E-state index >= 15 is 0 Å². The smallest absolute Gasteiger partial charge is 0.328 e. The number of sulfonamides is 1. The number of methoxy groups -OCH3 is 1. The van der Waals surface area contributed by atoms with Gasteiger partial charge < -0.3 is 18.8 Å². The van der Waals surface area contributed by atoms with Crippen LogP contribution in [0, 0.1) is 0 Å². The number of rotatable bonds is 9. The summed E-state index contributed by atoms with van der Waals surface area (Å²) in [5, 5.41) is -0.152. The van der Waals surface area contributed by atoms with Crippen LogP contribution in [0.2, 0.25) is 0 Å². The second-order valence-electron chi connectivity index (χ2n) is 7.98. The van der Waals surface area contributed by atoms with Crippen molar-refractivity contribution in [3.05, 3.63) is 53.3 Å². The minimum absolute atomic E-state index is 0.131. The van der Waals surface area contributed by atoms with Crippen LogP contribution in [-0.2, 0) is 31.2 Å². The van der Waals surface area contributed by atoms with Crippen LogP contribution in [0.5, 0.6) is 23.0 Å². The minimum atomic E-state index is -4.04. The highest BCUT2D eigenvalue weighted by molar-refractivity contribution is 7.92. The Balaban J connectivity index is 1.85. The van der Waals surface area contributed by atoms with Crippen molar-refractivity contribution in [2.24, 2.45) is 21.1 Å². The molecule has 0 saturated heterocycles. The van der Waals surface area contributed by atoms with Crippen LogP contribution in [0.3, 0.4) is 0 Å². The van der Waals surface area contributed by atoms with Crippen LogP contribution in [0.4, 0.5) is 5.69 Å². The van der Waals surface area contributed by atoms with Gasteiger partial charge >= 0.3 is 5.69 Å². The lowest BCUT2D eigenvalue weighted by atomic mass is 10.2. The molecule has 35 heavy (non-hydrogen) atoms. The third kappa shape index (κ3) is 4.69. The number of hydrogen-bond acceptors (Lipinski definition) is 7. The molecule has 2 aromatic carbocycles. The second-order valence-corrected chi connectivity index (χ2v) is 9.61. The number of aryl methyl sites for hydroxylation is 3. The summed E-state index contributed by atoms with van der Waals surface area (Å²) in [4.78, 5) is 16.5. The van der Waals surface area contributed by atoms with Crippen LogP contribution in [0.15, 0.2) is 52.7 Å². The van der Waals surface area contributed by atoms with E-state index in [0.717, 1.165) is 6.42 Å². The molecule has 0 radical (unpaired) electrons. The zero-order valence-corrected chi connectivity index (χ0v) is 20.9. The molecule has 1 N–H and O–H groups in total. The average molecular weight is 502 g/mol. The van der Waals surface area contributed by atoms with E-state index in [4.69, 9.17) is 14.2 Å². The molecule has 2 heterocycles. The van der Waals surface area contributed by atoms with Gasteiger partial charge in [0.15, 0.2) is 22.3 Å². The molecule has 186 valence electrons. The zero-order chi connectivity index (χ0) is 25.3. The number of benzene rings is 2. The minimum Gasteiger partial charge on any atom is -0.493 e. The van der Waals surface area contributed by atoms with E-state index in [0.29, 0.717) is 34.9 Å². The highest BCUT2D eigenvalue weighted by atomic mass is 32.2. The molecular formula is C23H27N5O6S. The van der Waals surface area contributed by atoms with Crippen molar-refractivity contribution in [2.45, 2.75) is 18.4 Å². The topological polar surface area (TPSA) is 119 Å². The highest BCUT2D eigenvalue weighted by Crippen LogP contribution is 2.40. The molecule has 0 amide bonds. The fraction of sp³-hybridized carbons (Fsp3) is 0.304. The van der Waals surface area contributed by atoms with Crippen LogP contribution < -0.4 is 24.6 Å². The van der Waals surface area contributed by atoms with Crippen LogP contribution in [0.25, 0.3) is 11.0 Å². The monoisotopic (exact) mass is 501 g/mol. The Morgan fingerprint density at radius 1 is 1.00 bits per heavy atom. The molecular weight excluding hydrogens is 474 g/mol. The first-order chi connectivity index (χ1) is 16.6. The molecule has 4 rings (SSSR count). The van der Waals surface area contributed by atoms with Gasteiger partial charge in [-0.3, -0.25) is 13.9 Å². The van der Waals surface area contributed by atoms with Crippen LogP contribution in [0.1, 0.15) is 13.3 Å².